The molecule has 1 aliphatic carbocycles. The van der Waals surface area contributed by atoms with Crippen molar-refractivity contribution in [1.29, 1.82) is 0 Å². The van der Waals surface area contributed by atoms with Crippen LogP contribution in [0.3, 0.4) is 0 Å². The number of aromatic nitrogens is 1. The van der Waals surface area contributed by atoms with Gasteiger partial charge in [-0.2, -0.15) is 0 Å². The Morgan fingerprint density at radius 2 is 2.04 bits per heavy atom. The molecule has 27 heavy (non-hydrogen) atoms. The van der Waals surface area contributed by atoms with Gasteiger partial charge in [0.15, 0.2) is 0 Å². The molecular formula is C26H33N. The molecule has 1 aliphatic rings. The average molecular weight is 360 g/mol. The second-order valence-corrected chi connectivity index (χ2v) is 7.83. The number of allylic oxidation sites excluding steroid dienone is 5. The van der Waals surface area contributed by atoms with Crippen molar-refractivity contribution in [3.63, 3.8) is 0 Å². The third-order valence-corrected chi connectivity index (χ3v) is 5.91. The Labute approximate surface area is 164 Å². The summed E-state index contributed by atoms with van der Waals surface area (Å²) in [4.78, 5) is 0. The molecule has 0 bridgehead atoms. The molecule has 1 heteroatoms. The summed E-state index contributed by atoms with van der Waals surface area (Å²) in [5.74, 6) is 0.915. The normalized spacial score (nSPS) is 17.6. The van der Waals surface area contributed by atoms with Gasteiger partial charge < -0.3 is 4.57 Å². The monoisotopic (exact) mass is 359 g/mol. The SMILES string of the molecule is C=C/C(=C\C=C(/C)CC1CCC1)c1ccc2c(=C/C)/c(=C\CC)n(C)c2c1. The maximum absolute atomic E-state index is 4.06. The van der Waals surface area contributed by atoms with Crippen molar-refractivity contribution >= 4 is 28.6 Å². The van der Waals surface area contributed by atoms with E-state index in [0.717, 1.165) is 12.3 Å². The van der Waals surface area contributed by atoms with E-state index in [4.69, 9.17) is 0 Å². The van der Waals surface area contributed by atoms with E-state index >= 15 is 0 Å². The second kappa shape index (κ2) is 8.61. The lowest BCUT2D eigenvalue weighted by atomic mass is 9.81. The first kappa shape index (κ1) is 19.5. The van der Waals surface area contributed by atoms with E-state index in [2.05, 4.69) is 81.5 Å². The molecule has 1 fully saturated rings. The third kappa shape index (κ3) is 4.03. The first-order chi connectivity index (χ1) is 13.1. The predicted octanol–water partition coefficient (Wildman–Crippen LogP) is 5.88. The topological polar surface area (TPSA) is 4.93 Å². The molecule has 0 aliphatic heterocycles. The fraction of sp³-hybridized carbons (Fsp3) is 0.385. The van der Waals surface area contributed by atoms with Crippen LogP contribution < -0.4 is 10.6 Å². The minimum Gasteiger partial charge on any atom is -0.344 e. The molecule has 0 unspecified atom stereocenters. The van der Waals surface area contributed by atoms with E-state index in [1.54, 1.807) is 0 Å². The Morgan fingerprint density at radius 1 is 1.26 bits per heavy atom. The Balaban J connectivity index is 2.01. The maximum Gasteiger partial charge on any atom is 0.0494 e. The third-order valence-electron chi connectivity index (χ3n) is 5.91. The van der Waals surface area contributed by atoms with Gasteiger partial charge in [-0.3, -0.25) is 0 Å². The molecule has 1 nitrogen and oxygen atoms in total. The fourth-order valence-electron chi connectivity index (χ4n) is 4.14. The predicted molar refractivity (Wildman–Crippen MR) is 121 cm³/mol. The summed E-state index contributed by atoms with van der Waals surface area (Å²) < 4.78 is 2.32. The van der Waals surface area contributed by atoms with Crippen molar-refractivity contribution in [3.8, 4) is 0 Å². The van der Waals surface area contributed by atoms with Gasteiger partial charge in [0.25, 0.3) is 0 Å². The summed E-state index contributed by atoms with van der Waals surface area (Å²) in [6.45, 7) is 10.6. The highest BCUT2D eigenvalue weighted by Crippen LogP contribution is 2.32. The van der Waals surface area contributed by atoms with Gasteiger partial charge >= 0.3 is 0 Å². The molecule has 142 valence electrons. The van der Waals surface area contributed by atoms with E-state index < -0.39 is 0 Å². The highest BCUT2D eigenvalue weighted by Gasteiger charge is 2.17. The lowest BCUT2D eigenvalue weighted by molar-refractivity contribution is 0.314. The quantitative estimate of drug-likeness (QED) is 0.568. The van der Waals surface area contributed by atoms with E-state index in [1.807, 2.05) is 6.08 Å². The zero-order valence-corrected chi connectivity index (χ0v) is 17.4. The van der Waals surface area contributed by atoms with Crippen LogP contribution in [-0.2, 0) is 7.05 Å². The van der Waals surface area contributed by atoms with Crippen LogP contribution >= 0.6 is 0 Å². The first-order valence-electron chi connectivity index (χ1n) is 10.3. The number of benzene rings is 1. The van der Waals surface area contributed by atoms with Gasteiger partial charge in [0.1, 0.15) is 0 Å². The van der Waals surface area contributed by atoms with Crippen molar-refractivity contribution in [1.82, 2.24) is 4.57 Å². The van der Waals surface area contributed by atoms with Gasteiger partial charge in [-0.1, -0.05) is 80.9 Å². The smallest absolute Gasteiger partial charge is 0.0494 e. The van der Waals surface area contributed by atoms with Crippen molar-refractivity contribution in [2.75, 3.05) is 0 Å². The molecule has 0 saturated heterocycles. The number of hydrogen-bond donors (Lipinski definition) is 0. The lowest BCUT2D eigenvalue weighted by Gasteiger charge is -2.25. The number of rotatable bonds is 6. The van der Waals surface area contributed by atoms with Crippen LogP contribution in [0.2, 0.25) is 0 Å². The van der Waals surface area contributed by atoms with Crippen LogP contribution in [0.25, 0.3) is 28.6 Å². The second-order valence-electron chi connectivity index (χ2n) is 7.83. The summed E-state index contributed by atoms with van der Waals surface area (Å²) in [6, 6.07) is 6.79. The van der Waals surface area contributed by atoms with Gasteiger partial charge in [0.05, 0.1) is 0 Å². The van der Waals surface area contributed by atoms with Crippen LogP contribution in [-0.4, -0.2) is 4.57 Å². The summed E-state index contributed by atoms with van der Waals surface area (Å²) >= 11 is 0. The lowest BCUT2D eigenvalue weighted by Crippen LogP contribution is -2.27. The molecular weight excluding hydrogens is 326 g/mol. The van der Waals surface area contributed by atoms with Crippen LogP contribution in [0.15, 0.2) is 48.6 Å². The molecule has 0 spiro atoms. The number of nitrogens with zero attached hydrogens (tertiary/aromatic N) is 1. The highest BCUT2D eigenvalue weighted by molar-refractivity contribution is 5.87. The minimum absolute atomic E-state index is 0.915. The summed E-state index contributed by atoms with van der Waals surface area (Å²) in [6.07, 6.45) is 17.5. The fourth-order valence-corrected chi connectivity index (χ4v) is 4.14. The molecule has 0 N–H and O–H groups in total. The molecule has 0 amide bonds. The van der Waals surface area contributed by atoms with Crippen LogP contribution in [0.1, 0.15) is 58.4 Å². The van der Waals surface area contributed by atoms with Crippen molar-refractivity contribution in [2.24, 2.45) is 13.0 Å². The largest absolute Gasteiger partial charge is 0.344 e. The zero-order valence-electron chi connectivity index (χ0n) is 17.4. The average Bonchev–Trinajstić information content (AvgIpc) is 2.90. The zero-order chi connectivity index (χ0) is 19.4. The van der Waals surface area contributed by atoms with Gasteiger partial charge in [-0.25, -0.2) is 0 Å². The number of fused-ring (bicyclic) bond motifs is 1. The minimum atomic E-state index is 0.915. The number of aryl methyl sites for hydroxylation is 1. The summed E-state index contributed by atoms with van der Waals surface area (Å²) in [7, 11) is 2.17. The molecule has 0 atom stereocenters. The van der Waals surface area contributed by atoms with E-state index in [9.17, 15) is 0 Å². The molecule has 0 radical (unpaired) electrons. The Bertz CT molecular complexity index is 1010. The molecule has 1 heterocycles. The van der Waals surface area contributed by atoms with Gasteiger partial charge in [-0.15, -0.1) is 0 Å². The van der Waals surface area contributed by atoms with Crippen molar-refractivity contribution in [2.45, 2.75) is 52.9 Å². The van der Waals surface area contributed by atoms with Crippen LogP contribution in [0, 0.1) is 5.92 Å². The Hall–Kier alpha value is -2.28. The summed E-state index contributed by atoms with van der Waals surface area (Å²) in [5, 5.41) is 3.97. The molecule has 3 rings (SSSR count). The van der Waals surface area contributed by atoms with Crippen LogP contribution in [0.4, 0.5) is 0 Å². The van der Waals surface area contributed by atoms with Gasteiger partial charge in [0, 0.05) is 28.5 Å². The first-order valence-corrected chi connectivity index (χ1v) is 10.3. The molecule has 1 aromatic carbocycles. The van der Waals surface area contributed by atoms with Gasteiger partial charge in [-0.05, 0) is 49.8 Å². The Morgan fingerprint density at radius 3 is 2.63 bits per heavy atom. The van der Waals surface area contributed by atoms with Crippen molar-refractivity contribution < 1.29 is 0 Å². The van der Waals surface area contributed by atoms with Crippen LogP contribution in [0.5, 0.6) is 0 Å². The van der Waals surface area contributed by atoms with E-state index in [1.165, 1.54) is 63.9 Å². The van der Waals surface area contributed by atoms with Crippen molar-refractivity contribution in [3.05, 3.63) is 64.7 Å². The Kier molecular flexibility index (Phi) is 6.21. The van der Waals surface area contributed by atoms with E-state index in [0.29, 0.717) is 0 Å². The van der Waals surface area contributed by atoms with E-state index in [-0.39, 0.29) is 0 Å². The number of hydrogen-bond acceptors (Lipinski definition) is 0. The molecule has 1 saturated carbocycles. The molecule has 2 aromatic rings. The molecule has 1 aromatic heterocycles. The standard InChI is InChI=1S/C26H33N/c1-6-10-25-23(8-3)24-16-15-22(18-26(24)27(25)5)21(7-2)14-13-19(4)17-20-11-9-12-20/h7-8,10,13-16,18,20H,2,6,9,11-12,17H2,1,3-5H3/b19-13+,21-14+,23-8-,25-10+. The summed E-state index contributed by atoms with van der Waals surface area (Å²) in [5.41, 5.74) is 5.18. The van der Waals surface area contributed by atoms with Gasteiger partial charge in [0.2, 0.25) is 0 Å². The maximum atomic E-state index is 4.06. The highest BCUT2D eigenvalue weighted by atomic mass is 14.9.